The first kappa shape index (κ1) is 24.6. The highest BCUT2D eigenvalue weighted by Crippen LogP contribution is 2.29. The SMILES string of the molecule is Cc1ccccc1OCCNC(=O)c1ccc(CN(c2cccc(Cl)c2C)S(C)(=O)=O)cc1. The lowest BCUT2D eigenvalue weighted by Gasteiger charge is -2.24. The van der Waals surface area contributed by atoms with Gasteiger partial charge in [0, 0.05) is 10.6 Å². The number of aryl methyl sites for hydroxylation is 1. The molecule has 174 valence electrons. The summed E-state index contributed by atoms with van der Waals surface area (Å²) >= 11 is 6.19. The lowest BCUT2D eigenvalue weighted by atomic mass is 10.1. The summed E-state index contributed by atoms with van der Waals surface area (Å²) in [7, 11) is -3.54. The predicted octanol–water partition coefficient (Wildman–Crippen LogP) is 4.73. The van der Waals surface area contributed by atoms with Crippen LogP contribution in [0, 0.1) is 13.8 Å². The van der Waals surface area contributed by atoms with E-state index >= 15 is 0 Å². The molecule has 0 spiro atoms. The van der Waals surface area contributed by atoms with Crippen LogP contribution in [-0.4, -0.2) is 33.7 Å². The number of nitrogens with one attached hydrogen (secondary N) is 1. The van der Waals surface area contributed by atoms with Crippen LogP contribution in [0.25, 0.3) is 0 Å². The maximum atomic E-state index is 12.5. The Morgan fingerprint density at radius 2 is 1.70 bits per heavy atom. The monoisotopic (exact) mass is 486 g/mol. The van der Waals surface area contributed by atoms with E-state index in [2.05, 4.69) is 5.32 Å². The topological polar surface area (TPSA) is 75.7 Å². The van der Waals surface area contributed by atoms with Gasteiger partial charge in [-0.25, -0.2) is 8.42 Å². The van der Waals surface area contributed by atoms with Crippen LogP contribution >= 0.6 is 11.6 Å². The molecule has 6 nitrogen and oxygen atoms in total. The Balaban J connectivity index is 1.62. The minimum absolute atomic E-state index is 0.131. The van der Waals surface area contributed by atoms with Gasteiger partial charge in [-0.15, -0.1) is 0 Å². The first-order chi connectivity index (χ1) is 15.7. The van der Waals surface area contributed by atoms with E-state index in [9.17, 15) is 13.2 Å². The average molecular weight is 487 g/mol. The molecule has 0 bridgehead atoms. The molecule has 1 N–H and O–H groups in total. The number of nitrogens with zero attached hydrogens (tertiary/aromatic N) is 1. The Bertz CT molecular complexity index is 1230. The second kappa shape index (κ2) is 10.7. The first-order valence-electron chi connectivity index (χ1n) is 10.4. The van der Waals surface area contributed by atoms with Crippen LogP contribution in [-0.2, 0) is 16.6 Å². The molecular weight excluding hydrogens is 460 g/mol. The summed E-state index contributed by atoms with van der Waals surface area (Å²) < 4.78 is 31.9. The second-order valence-corrected chi connectivity index (χ2v) is 10.0. The van der Waals surface area contributed by atoms with E-state index in [0.717, 1.165) is 23.1 Å². The Morgan fingerprint density at radius 1 is 1.00 bits per heavy atom. The van der Waals surface area contributed by atoms with Gasteiger partial charge in [0.1, 0.15) is 12.4 Å². The number of carbonyl (C=O) groups is 1. The maximum Gasteiger partial charge on any atom is 0.251 e. The molecule has 1 amide bonds. The van der Waals surface area contributed by atoms with Crippen LogP contribution < -0.4 is 14.4 Å². The minimum Gasteiger partial charge on any atom is -0.491 e. The molecule has 0 saturated heterocycles. The number of benzene rings is 3. The lowest BCUT2D eigenvalue weighted by Crippen LogP contribution is -2.30. The summed E-state index contributed by atoms with van der Waals surface area (Å²) in [6.45, 7) is 4.61. The molecule has 0 heterocycles. The number of sulfonamides is 1. The van der Waals surface area contributed by atoms with Crippen molar-refractivity contribution >= 4 is 33.2 Å². The molecule has 3 rings (SSSR count). The molecule has 0 atom stereocenters. The van der Waals surface area contributed by atoms with Gasteiger partial charge in [0.15, 0.2) is 0 Å². The van der Waals surface area contributed by atoms with Crippen LogP contribution in [0.3, 0.4) is 0 Å². The van der Waals surface area contributed by atoms with Crippen molar-refractivity contribution in [2.45, 2.75) is 20.4 Å². The zero-order valence-corrected chi connectivity index (χ0v) is 20.4. The van der Waals surface area contributed by atoms with Crippen LogP contribution in [0.15, 0.2) is 66.7 Å². The number of halogens is 1. The lowest BCUT2D eigenvalue weighted by molar-refractivity contribution is 0.0947. The van der Waals surface area contributed by atoms with E-state index in [4.69, 9.17) is 16.3 Å². The predicted molar refractivity (Wildman–Crippen MR) is 133 cm³/mol. The molecule has 0 fully saturated rings. The molecule has 0 saturated carbocycles. The van der Waals surface area contributed by atoms with Crippen molar-refractivity contribution in [3.63, 3.8) is 0 Å². The summed E-state index contributed by atoms with van der Waals surface area (Å²) in [4.78, 5) is 12.4. The zero-order valence-electron chi connectivity index (χ0n) is 18.8. The van der Waals surface area contributed by atoms with Gasteiger partial charge in [0.25, 0.3) is 5.91 Å². The van der Waals surface area contributed by atoms with Crippen LogP contribution in [0.2, 0.25) is 5.02 Å². The molecule has 0 aliphatic heterocycles. The number of para-hydroxylation sites is 1. The number of ether oxygens (including phenoxy) is 1. The highest BCUT2D eigenvalue weighted by atomic mass is 35.5. The number of rotatable bonds is 9. The van der Waals surface area contributed by atoms with E-state index in [1.54, 1.807) is 49.4 Å². The van der Waals surface area contributed by atoms with Gasteiger partial charge in [0.05, 0.1) is 25.0 Å². The molecule has 0 unspecified atom stereocenters. The first-order valence-corrected chi connectivity index (χ1v) is 12.7. The number of carbonyl (C=O) groups excluding carboxylic acids is 1. The number of hydrogen-bond acceptors (Lipinski definition) is 4. The third-order valence-electron chi connectivity index (χ3n) is 5.19. The van der Waals surface area contributed by atoms with Crippen LogP contribution in [0.5, 0.6) is 5.75 Å². The van der Waals surface area contributed by atoms with E-state index < -0.39 is 10.0 Å². The molecule has 0 aromatic heterocycles. The second-order valence-electron chi connectivity index (χ2n) is 7.72. The Labute approximate surface area is 200 Å². The van der Waals surface area contributed by atoms with Crippen molar-refractivity contribution in [1.29, 1.82) is 0 Å². The van der Waals surface area contributed by atoms with Crippen molar-refractivity contribution in [3.8, 4) is 5.75 Å². The molecule has 3 aromatic rings. The third kappa shape index (κ3) is 6.49. The fraction of sp³-hybridized carbons (Fsp3) is 0.240. The number of hydrogen-bond donors (Lipinski definition) is 1. The molecule has 0 radical (unpaired) electrons. The van der Waals surface area contributed by atoms with Crippen molar-refractivity contribution < 1.29 is 17.9 Å². The van der Waals surface area contributed by atoms with Crippen molar-refractivity contribution in [1.82, 2.24) is 5.32 Å². The largest absolute Gasteiger partial charge is 0.491 e. The van der Waals surface area contributed by atoms with Gasteiger partial charge in [0.2, 0.25) is 10.0 Å². The molecule has 8 heteroatoms. The van der Waals surface area contributed by atoms with Crippen molar-refractivity contribution in [2.75, 3.05) is 23.7 Å². The van der Waals surface area contributed by atoms with Gasteiger partial charge in [-0.1, -0.05) is 48.0 Å². The molecule has 3 aromatic carbocycles. The molecule has 33 heavy (non-hydrogen) atoms. The Morgan fingerprint density at radius 3 is 2.36 bits per heavy atom. The molecular formula is C25H27ClN2O4S. The maximum absolute atomic E-state index is 12.5. The van der Waals surface area contributed by atoms with Gasteiger partial charge in [-0.05, 0) is 60.9 Å². The smallest absolute Gasteiger partial charge is 0.251 e. The molecule has 0 aliphatic rings. The third-order valence-corrected chi connectivity index (χ3v) is 6.73. The summed E-state index contributed by atoms with van der Waals surface area (Å²) in [6, 6.07) is 19.7. The highest BCUT2D eigenvalue weighted by molar-refractivity contribution is 7.92. The number of amides is 1. The Hall–Kier alpha value is -3.03. The van der Waals surface area contributed by atoms with Gasteiger partial charge in [-0.2, -0.15) is 0 Å². The fourth-order valence-corrected chi connectivity index (χ4v) is 4.43. The normalized spacial score (nSPS) is 11.2. The fourth-order valence-electron chi connectivity index (χ4n) is 3.32. The summed E-state index contributed by atoms with van der Waals surface area (Å²) in [5, 5.41) is 3.33. The van der Waals surface area contributed by atoms with E-state index in [1.807, 2.05) is 31.2 Å². The van der Waals surface area contributed by atoms with Gasteiger partial charge >= 0.3 is 0 Å². The van der Waals surface area contributed by atoms with Crippen molar-refractivity contribution in [3.05, 3.63) is 94.0 Å². The van der Waals surface area contributed by atoms with Crippen LogP contribution in [0.4, 0.5) is 5.69 Å². The van der Waals surface area contributed by atoms with Crippen LogP contribution in [0.1, 0.15) is 27.0 Å². The Kier molecular flexibility index (Phi) is 8.00. The van der Waals surface area contributed by atoms with E-state index in [-0.39, 0.29) is 12.5 Å². The zero-order chi connectivity index (χ0) is 24.0. The van der Waals surface area contributed by atoms with E-state index in [0.29, 0.717) is 35.0 Å². The standard InChI is InChI=1S/C25H27ClN2O4S/c1-18-7-4-5-10-24(18)32-16-15-27-25(29)21-13-11-20(12-14-21)17-28(33(3,30)31)23-9-6-8-22(26)19(23)2/h4-14H,15-17H2,1-3H3,(H,27,29). The summed E-state index contributed by atoms with van der Waals surface area (Å²) in [5.41, 5.74) is 3.49. The average Bonchev–Trinajstić information content (AvgIpc) is 2.78. The summed E-state index contributed by atoms with van der Waals surface area (Å²) in [5.74, 6) is 0.571. The van der Waals surface area contributed by atoms with Gasteiger partial charge < -0.3 is 10.1 Å². The molecule has 0 aliphatic carbocycles. The highest BCUT2D eigenvalue weighted by Gasteiger charge is 2.20. The number of anilines is 1. The van der Waals surface area contributed by atoms with Crippen molar-refractivity contribution in [2.24, 2.45) is 0 Å². The quantitative estimate of drug-likeness (QED) is 0.443. The van der Waals surface area contributed by atoms with Gasteiger partial charge in [-0.3, -0.25) is 9.10 Å². The summed E-state index contributed by atoms with van der Waals surface area (Å²) in [6.07, 6.45) is 1.16. The van der Waals surface area contributed by atoms with E-state index in [1.165, 1.54) is 4.31 Å². The minimum atomic E-state index is -3.54.